The lowest BCUT2D eigenvalue weighted by molar-refractivity contribution is 0.0607. The average molecular weight is 395 g/mol. The van der Waals surface area contributed by atoms with Crippen LogP contribution in [-0.4, -0.2) is 43.0 Å². The molecule has 154 valence electrons. The molecule has 1 unspecified atom stereocenters. The van der Waals surface area contributed by atoms with Crippen LogP contribution in [0, 0.1) is 0 Å². The number of nitrogens with one attached hydrogen (secondary N) is 1. The van der Waals surface area contributed by atoms with Gasteiger partial charge in [0.05, 0.1) is 7.11 Å². The summed E-state index contributed by atoms with van der Waals surface area (Å²) in [6.07, 6.45) is 5.05. The lowest BCUT2D eigenvalue weighted by Crippen LogP contribution is -2.43. The number of likely N-dealkylation sites (tertiary alicyclic amines) is 1. The van der Waals surface area contributed by atoms with E-state index in [0.717, 1.165) is 43.5 Å². The summed E-state index contributed by atoms with van der Waals surface area (Å²) in [5.74, 6) is 0.755. The highest BCUT2D eigenvalue weighted by Gasteiger charge is 2.26. The summed E-state index contributed by atoms with van der Waals surface area (Å²) >= 11 is 0. The number of benzene rings is 2. The molecule has 2 amide bonds. The van der Waals surface area contributed by atoms with Crippen molar-refractivity contribution in [3.8, 4) is 5.75 Å². The highest BCUT2D eigenvalue weighted by atomic mass is 16.5. The molecule has 3 rings (SSSR count). The number of hydrogen-bond donors (Lipinski definition) is 1. The fourth-order valence-electron chi connectivity index (χ4n) is 3.87. The van der Waals surface area contributed by atoms with Crippen molar-refractivity contribution >= 4 is 11.8 Å². The first-order chi connectivity index (χ1) is 14.1. The van der Waals surface area contributed by atoms with Crippen LogP contribution < -0.4 is 10.1 Å². The number of ether oxygens (including phenoxy) is 1. The predicted octanol–water partition coefficient (Wildman–Crippen LogP) is 4.07. The van der Waals surface area contributed by atoms with Gasteiger partial charge in [0, 0.05) is 30.3 Å². The molecule has 1 N–H and O–H groups in total. The summed E-state index contributed by atoms with van der Waals surface area (Å²) in [6.45, 7) is 3.50. The second-order valence-corrected chi connectivity index (χ2v) is 7.49. The van der Waals surface area contributed by atoms with Crippen LogP contribution in [0.1, 0.15) is 58.9 Å². The second-order valence-electron chi connectivity index (χ2n) is 7.49. The number of rotatable bonds is 7. The maximum atomic E-state index is 12.8. The molecule has 1 aliphatic rings. The minimum Gasteiger partial charge on any atom is -0.497 e. The highest BCUT2D eigenvalue weighted by Crippen LogP contribution is 2.22. The standard InChI is InChI=1S/C24H30N2O3/c1-3-21-8-4-5-16-26(21)24(28)20-12-10-19(11-13-20)23(27)25-15-14-18-7-6-9-22(17-18)29-2/h6-7,9-13,17,21H,3-5,8,14-16H2,1-2H3,(H,25,27). The van der Waals surface area contributed by atoms with Gasteiger partial charge >= 0.3 is 0 Å². The van der Waals surface area contributed by atoms with Gasteiger partial charge in [-0.15, -0.1) is 0 Å². The third-order valence-electron chi connectivity index (χ3n) is 5.59. The largest absolute Gasteiger partial charge is 0.497 e. The van der Waals surface area contributed by atoms with Gasteiger partial charge in [0.25, 0.3) is 11.8 Å². The van der Waals surface area contributed by atoms with Crippen molar-refractivity contribution in [2.45, 2.75) is 45.1 Å². The quantitative estimate of drug-likeness (QED) is 0.770. The zero-order valence-corrected chi connectivity index (χ0v) is 17.3. The third-order valence-corrected chi connectivity index (χ3v) is 5.59. The number of hydrogen-bond acceptors (Lipinski definition) is 3. The van der Waals surface area contributed by atoms with Crippen molar-refractivity contribution in [1.29, 1.82) is 0 Å². The smallest absolute Gasteiger partial charge is 0.254 e. The molecule has 1 aliphatic heterocycles. The molecule has 5 heteroatoms. The topological polar surface area (TPSA) is 58.6 Å². The number of carbonyl (C=O) groups excluding carboxylic acids is 2. The molecule has 5 nitrogen and oxygen atoms in total. The minimum absolute atomic E-state index is 0.0709. The Labute approximate surface area is 173 Å². The zero-order valence-electron chi connectivity index (χ0n) is 17.3. The van der Waals surface area contributed by atoms with E-state index in [1.807, 2.05) is 29.2 Å². The Balaban J connectivity index is 1.54. The minimum atomic E-state index is -0.128. The molecule has 0 radical (unpaired) electrons. The van der Waals surface area contributed by atoms with Crippen LogP contribution in [0.3, 0.4) is 0 Å². The average Bonchev–Trinajstić information content (AvgIpc) is 2.78. The van der Waals surface area contributed by atoms with E-state index >= 15 is 0 Å². The van der Waals surface area contributed by atoms with Crippen LogP contribution in [0.25, 0.3) is 0 Å². The molecule has 1 heterocycles. The van der Waals surface area contributed by atoms with Gasteiger partial charge in [0.1, 0.15) is 5.75 Å². The molecule has 29 heavy (non-hydrogen) atoms. The Kier molecular flexibility index (Phi) is 7.28. The molecule has 0 aromatic heterocycles. The summed E-state index contributed by atoms with van der Waals surface area (Å²) in [5.41, 5.74) is 2.33. The SMILES string of the molecule is CCC1CCCCN1C(=O)c1ccc(C(=O)NCCc2cccc(OC)c2)cc1. The lowest BCUT2D eigenvalue weighted by atomic mass is 9.98. The number of carbonyl (C=O) groups is 2. The van der Waals surface area contributed by atoms with Crippen LogP contribution in [0.15, 0.2) is 48.5 Å². The van der Waals surface area contributed by atoms with Crippen molar-refractivity contribution in [2.75, 3.05) is 20.2 Å². The normalized spacial score (nSPS) is 16.3. The maximum Gasteiger partial charge on any atom is 0.254 e. The summed E-state index contributed by atoms with van der Waals surface area (Å²) in [6, 6.07) is 15.2. The predicted molar refractivity (Wildman–Crippen MR) is 114 cm³/mol. The van der Waals surface area contributed by atoms with E-state index in [1.165, 1.54) is 6.42 Å². The number of methoxy groups -OCH3 is 1. The highest BCUT2D eigenvalue weighted by molar-refractivity contribution is 5.98. The summed E-state index contributed by atoms with van der Waals surface area (Å²) in [7, 11) is 1.64. The first-order valence-corrected chi connectivity index (χ1v) is 10.4. The zero-order chi connectivity index (χ0) is 20.6. The van der Waals surface area contributed by atoms with E-state index in [2.05, 4.69) is 12.2 Å². The fourth-order valence-corrected chi connectivity index (χ4v) is 3.87. The van der Waals surface area contributed by atoms with Crippen molar-refractivity contribution in [3.63, 3.8) is 0 Å². The molecule has 2 aromatic rings. The van der Waals surface area contributed by atoms with E-state index in [9.17, 15) is 9.59 Å². The van der Waals surface area contributed by atoms with Crippen LogP contribution in [0.5, 0.6) is 5.75 Å². The van der Waals surface area contributed by atoms with Gasteiger partial charge in [0.2, 0.25) is 0 Å². The monoisotopic (exact) mass is 394 g/mol. The fraction of sp³-hybridized carbons (Fsp3) is 0.417. The van der Waals surface area contributed by atoms with E-state index in [4.69, 9.17) is 4.74 Å². The Morgan fingerprint density at radius 2 is 1.86 bits per heavy atom. The van der Waals surface area contributed by atoms with Crippen molar-refractivity contribution in [1.82, 2.24) is 10.2 Å². The molecule has 0 spiro atoms. The Morgan fingerprint density at radius 3 is 2.59 bits per heavy atom. The van der Waals surface area contributed by atoms with Gasteiger partial charge in [-0.25, -0.2) is 0 Å². The molecule has 1 saturated heterocycles. The van der Waals surface area contributed by atoms with E-state index in [-0.39, 0.29) is 11.8 Å². The maximum absolute atomic E-state index is 12.8. The van der Waals surface area contributed by atoms with E-state index in [1.54, 1.807) is 31.4 Å². The van der Waals surface area contributed by atoms with Gasteiger partial charge in [0.15, 0.2) is 0 Å². The van der Waals surface area contributed by atoms with E-state index < -0.39 is 0 Å². The van der Waals surface area contributed by atoms with Crippen molar-refractivity contribution in [2.24, 2.45) is 0 Å². The van der Waals surface area contributed by atoms with Gasteiger partial charge in [-0.2, -0.15) is 0 Å². The number of nitrogens with zero attached hydrogens (tertiary/aromatic N) is 1. The van der Waals surface area contributed by atoms with Gasteiger partial charge in [-0.1, -0.05) is 19.1 Å². The lowest BCUT2D eigenvalue weighted by Gasteiger charge is -2.35. The molecular formula is C24H30N2O3. The Bertz CT molecular complexity index is 832. The molecule has 0 saturated carbocycles. The van der Waals surface area contributed by atoms with Crippen LogP contribution in [0.2, 0.25) is 0 Å². The molecular weight excluding hydrogens is 364 g/mol. The Morgan fingerprint density at radius 1 is 1.10 bits per heavy atom. The van der Waals surface area contributed by atoms with E-state index in [0.29, 0.717) is 23.7 Å². The number of amides is 2. The van der Waals surface area contributed by atoms with Crippen LogP contribution >= 0.6 is 0 Å². The third kappa shape index (κ3) is 5.37. The van der Waals surface area contributed by atoms with Gasteiger partial charge < -0.3 is 15.0 Å². The molecule has 1 atom stereocenters. The van der Waals surface area contributed by atoms with Gasteiger partial charge in [-0.05, 0) is 74.1 Å². The first-order valence-electron chi connectivity index (χ1n) is 10.4. The van der Waals surface area contributed by atoms with Crippen molar-refractivity contribution in [3.05, 3.63) is 65.2 Å². The first kappa shape index (κ1) is 20.9. The van der Waals surface area contributed by atoms with Crippen molar-refractivity contribution < 1.29 is 14.3 Å². The number of piperidine rings is 1. The molecule has 1 fully saturated rings. The molecule has 0 bridgehead atoms. The molecule has 2 aromatic carbocycles. The molecule has 0 aliphatic carbocycles. The van der Waals surface area contributed by atoms with Gasteiger partial charge in [-0.3, -0.25) is 9.59 Å². The second kappa shape index (κ2) is 10.1. The summed E-state index contributed by atoms with van der Waals surface area (Å²) in [4.78, 5) is 27.2. The summed E-state index contributed by atoms with van der Waals surface area (Å²) < 4.78 is 5.22. The van der Waals surface area contributed by atoms with Crippen LogP contribution in [-0.2, 0) is 6.42 Å². The Hall–Kier alpha value is -2.82. The summed E-state index contributed by atoms with van der Waals surface area (Å²) in [5, 5.41) is 2.94. The van der Waals surface area contributed by atoms with Crippen LogP contribution in [0.4, 0.5) is 0 Å².